The predicted molar refractivity (Wildman–Crippen MR) is 128 cm³/mol. The molecule has 0 bridgehead atoms. The van der Waals surface area contributed by atoms with Crippen molar-refractivity contribution in [2.24, 2.45) is 10.5 Å². The highest BCUT2D eigenvalue weighted by Crippen LogP contribution is 2.37. The van der Waals surface area contributed by atoms with Gasteiger partial charge in [0.05, 0.1) is 26.0 Å². The quantitative estimate of drug-likeness (QED) is 0.602. The number of hydrogen-bond donors (Lipinski definition) is 0. The van der Waals surface area contributed by atoms with E-state index >= 15 is 0 Å². The van der Waals surface area contributed by atoms with Gasteiger partial charge in [-0.05, 0) is 23.6 Å². The zero-order chi connectivity index (χ0) is 25.0. The molecule has 1 aliphatic heterocycles. The number of hydrazone groups is 1. The molecule has 1 atom stereocenters. The Morgan fingerprint density at radius 1 is 1.15 bits per heavy atom. The van der Waals surface area contributed by atoms with E-state index in [-0.39, 0.29) is 23.8 Å². The van der Waals surface area contributed by atoms with E-state index < -0.39 is 11.9 Å². The number of methoxy groups -OCH3 is 2. The standard InChI is InChI=1S/C26H32FN3O4/c1-26(2,3)15-24(31)29(4)16-25(32)30-22(18-9-7-8-10-20(18)27)14-21(28-30)19-12-11-17(33-5)13-23(19)34-6/h7-13,22H,14-16H2,1-6H3. The summed E-state index contributed by atoms with van der Waals surface area (Å²) in [6.07, 6.45) is 0.611. The second-order valence-electron chi connectivity index (χ2n) is 9.58. The van der Waals surface area contributed by atoms with Gasteiger partial charge in [-0.2, -0.15) is 5.10 Å². The van der Waals surface area contributed by atoms with Crippen LogP contribution in [0.4, 0.5) is 4.39 Å². The molecule has 0 saturated heterocycles. The zero-order valence-electron chi connectivity index (χ0n) is 20.6. The van der Waals surface area contributed by atoms with E-state index in [9.17, 15) is 14.0 Å². The molecule has 1 unspecified atom stereocenters. The maximum atomic E-state index is 14.7. The van der Waals surface area contributed by atoms with E-state index in [2.05, 4.69) is 5.10 Å². The first-order valence-corrected chi connectivity index (χ1v) is 11.1. The van der Waals surface area contributed by atoms with Gasteiger partial charge in [0.2, 0.25) is 5.91 Å². The molecule has 0 radical (unpaired) electrons. The number of likely N-dealkylation sites (N-methyl/N-ethyl adjacent to an activating group) is 1. The highest BCUT2D eigenvalue weighted by molar-refractivity contribution is 6.05. The molecule has 1 heterocycles. The summed E-state index contributed by atoms with van der Waals surface area (Å²) in [6, 6.07) is 11.0. The lowest BCUT2D eigenvalue weighted by Gasteiger charge is -2.26. The second-order valence-corrected chi connectivity index (χ2v) is 9.58. The number of hydrogen-bond acceptors (Lipinski definition) is 5. The van der Waals surface area contributed by atoms with Crippen molar-refractivity contribution >= 4 is 17.5 Å². The summed E-state index contributed by atoms with van der Waals surface area (Å²) in [5, 5.41) is 5.87. The third-order valence-electron chi connectivity index (χ3n) is 5.63. The fourth-order valence-corrected chi connectivity index (χ4v) is 3.88. The first-order valence-electron chi connectivity index (χ1n) is 11.1. The lowest BCUT2D eigenvalue weighted by molar-refractivity contribution is -0.141. The van der Waals surface area contributed by atoms with Crippen molar-refractivity contribution in [1.29, 1.82) is 0 Å². The normalized spacial score (nSPS) is 15.7. The number of benzene rings is 2. The molecule has 2 aromatic rings. The molecule has 2 amide bonds. The van der Waals surface area contributed by atoms with Gasteiger partial charge in [0.1, 0.15) is 23.9 Å². The van der Waals surface area contributed by atoms with E-state index in [0.29, 0.717) is 41.2 Å². The van der Waals surface area contributed by atoms with Gasteiger partial charge in [0.25, 0.3) is 5.91 Å². The SMILES string of the molecule is COc1ccc(C2=NN(C(=O)CN(C)C(=O)CC(C)(C)C)C(c3ccccc3F)C2)c(OC)c1. The number of rotatable bonds is 7. The van der Waals surface area contributed by atoms with Crippen molar-refractivity contribution in [3.05, 3.63) is 59.4 Å². The lowest BCUT2D eigenvalue weighted by Crippen LogP contribution is -2.40. The largest absolute Gasteiger partial charge is 0.497 e. The van der Waals surface area contributed by atoms with Crippen molar-refractivity contribution in [2.45, 2.75) is 39.7 Å². The summed E-state index contributed by atoms with van der Waals surface area (Å²) in [6.45, 7) is 5.74. The van der Waals surface area contributed by atoms with Crippen LogP contribution >= 0.6 is 0 Å². The first kappa shape index (κ1) is 25.2. The number of nitrogens with zero attached hydrogens (tertiary/aromatic N) is 3. The number of carbonyl (C=O) groups is 2. The highest BCUT2D eigenvalue weighted by Gasteiger charge is 2.36. The van der Waals surface area contributed by atoms with Crippen LogP contribution in [0, 0.1) is 11.2 Å². The van der Waals surface area contributed by atoms with Crippen LogP contribution in [0.2, 0.25) is 0 Å². The Morgan fingerprint density at radius 2 is 1.85 bits per heavy atom. The summed E-state index contributed by atoms with van der Waals surface area (Å²) < 4.78 is 25.5. The number of carbonyl (C=O) groups excluding carboxylic acids is 2. The molecule has 8 heteroatoms. The Morgan fingerprint density at radius 3 is 2.47 bits per heavy atom. The molecule has 182 valence electrons. The minimum Gasteiger partial charge on any atom is -0.497 e. The third-order valence-corrected chi connectivity index (χ3v) is 5.63. The fraction of sp³-hybridized carbons (Fsp3) is 0.423. The topological polar surface area (TPSA) is 71.4 Å². The molecule has 2 aromatic carbocycles. The summed E-state index contributed by atoms with van der Waals surface area (Å²) in [5.41, 5.74) is 1.45. The van der Waals surface area contributed by atoms with Crippen LogP contribution in [0.15, 0.2) is 47.6 Å². The molecule has 34 heavy (non-hydrogen) atoms. The first-order chi connectivity index (χ1) is 16.0. The highest BCUT2D eigenvalue weighted by atomic mass is 19.1. The van der Waals surface area contributed by atoms with Crippen LogP contribution in [-0.2, 0) is 9.59 Å². The van der Waals surface area contributed by atoms with Gasteiger partial charge in [-0.15, -0.1) is 0 Å². The maximum absolute atomic E-state index is 14.7. The molecule has 1 aliphatic rings. The average Bonchev–Trinajstić information content (AvgIpc) is 3.22. The van der Waals surface area contributed by atoms with Crippen LogP contribution in [0.25, 0.3) is 0 Å². The van der Waals surface area contributed by atoms with Crippen molar-refractivity contribution in [3.8, 4) is 11.5 Å². The Hall–Kier alpha value is -3.42. The summed E-state index contributed by atoms with van der Waals surface area (Å²) >= 11 is 0. The molecule has 7 nitrogen and oxygen atoms in total. The smallest absolute Gasteiger partial charge is 0.262 e. The van der Waals surface area contributed by atoms with Crippen molar-refractivity contribution < 1.29 is 23.5 Å². The number of amides is 2. The van der Waals surface area contributed by atoms with Crippen LogP contribution in [0.1, 0.15) is 50.8 Å². The van der Waals surface area contributed by atoms with E-state index in [1.807, 2.05) is 26.8 Å². The lowest BCUT2D eigenvalue weighted by atomic mass is 9.92. The minimum absolute atomic E-state index is 0.136. The third kappa shape index (κ3) is 5.73. The molecule has 3 rings (SSSR count). The fourth-order valence-electron chi connectivity index (χ4n) is 3.88. The maximum Gasteiger partial charge on any atom is 0.262 e. The Bertz CT molecular complexity index is 1090. The summed E-state index contributed by atoms with van der Waals surface area (Å²) in [4.78, 5) is 27.3. The molecule has 0 aliphatic carbocycles. The van der Waals surface area contributed by atoms with E-state index in [1.54, 1.807) is 51.6 Å². The Kier molecular flexibility index (Phi) is 7.59. The second kappa shape index (κ2) is 10.2. The minimum atomic E-state index is -0.637. The van der Waals surface area contributed by atoms with Gasteiger partial charge >= 0.3 is 0 Å². The number of ether oxygens (including phenoxy) is 2. The van der Waals surface area contributed by atoms with Crippen LogP contribution in [-0.4, -0.2) is 55.2 Å². The molecule has 0 spiro atoms. The molecule has 0 aromatic heterocycles. The van der Waals surface area contributed by atoms with Crippen molar-refractivity contribution in [2.75, 3.05) is 27.8 Å². The van der Waals surface area contributed by atoms with Gasteiger partial charge in [-0.1, -0.05) is 39.0 Å². The molecule has 0 saturated carbocycles. The zero-order valence-corrected chi connectivity index (χ0v) is 20.6. The molecular formula is C26H32FN3O4. The van der Waals surface area contributed by atoms with Crippen LogP contribution < -0.4 is 9.47 Å². The molecular weight excluding hydrogens is 437 g/mol. The number of halogens is 1. The van der Waals surface area contributed by atoms with Crippen molar-refractivity contribution in [1.82, 2.24) is 9.91 Å². The molecule has 0 fully saturated rings. The molecule has 0 N–H and O–H groups in total. The predicted octanol–water partition coefficient (Wildman–Crippen LogP) is 4.42. The Labute approximate surface area is 200 Å². The average molecular weight is 470 g/mol. The van der Waals surface area contributed by atoms with Gasteiger partial charge in [0, 0.05) is 37.1 Å². The van der Waals surface area contributed by atoms with Crippen molar-refractivity contribution in [3.63, 3.8) is 0 Å². The summed E-state index contributed by atoms with van der Waals surface area (Å²) in [5.74, 6) is 0.221. The van der Waals surface area contributed by atoms with Gasteiger partial charge in [-0.25, -0.2) is 9.40 Å². The van der Waals surface area contributed by atoms with Gasteiger partial charge in [-0.3, -0.25) is 9.59 Å². The van der Waals surface area contributed by atoms with Crippen LogP contribution in [0.5, 0.6) is 11.5 Å². The van der Waals surface area contributed by atoms with Gasteiger partial charge in [0.15, 0.2) is 0 Å². The summed E-state index contributed by atoms with van der Waals surface area (Å²) in [7, 11) is 4.70. The van der Waals surface area contributed by atoms with Gasteiger partial charge < -0.3 is 14.4 Å². The monoisotopic (exact) mass is 469 g/mol. The Balaban J connectivity index is 1.94. The van der Waals surface area contributed by atoms with Crippen LogP contribution in [0.3, 0.4) is 0 Å². The van der Waals surface area contributed by atoms with E-state index in [1.165, 1.54) is 16.0 Å². The van der Waals surface area contributed by atoms with E-state index in [0.717, 1.165) is 0 Å². The van der Waals surface area contributed by atoms with E-state index in [4.69, 9.17) is 9.47 Å².